The molecule has 0 radical (unpaired) electrons. The van der Waals surface area contributed by atoms with E-state index in [1.165, 1.54) is 5.69 Å². The average Bonchev–Trinajstić information content (AvgIpc) is 3.91. The van der Waals surface area contributed by atoms with Gasteiger partial charge < -0.3 is 0 Å². The van der Waals surface area contributed by atoms with Gasteiger partial charge in [0, 0.05) is 40.2 Å². The van der Waals surface area contributed by atoms with Crippen molar-refractivity contribution >= 4 is 28.9 Å². The molecule has 0 unspecified atom stereocenters. The van der Waals surface area contributed by atoms with Gasteiger partial charge in [-0.15, -0.1) is 0 Å². The molecule has 7 aromatic rings. The number of aromatic nitrogens is 6. The largest absolute Gasteiger partial charge is 0.296 e. The van der Waals surface area contributed by atoms with Crippen LogP contribution in [0.15, 0.2) is 146 Å². The maximum atomic E-state index is 5.38. The molecule has 6 heteroatoms. The molecular formula is C48H38N6. The lowest BCUT2D eigenvalue weighted by atomic mass is 10.0. The SMILES string of the molecule is C=C/C(=C\C=C/C)n1c(-c2cc(-c3nc4c(n3-c3ccccc3)CCC=C4)cc(-c3nc4c(n3-c3ccccc3)CC#CC/C=C\4)c2)nc2ccccc21. The Morgan fingerprint density at radius 1 is 0.685 bits per heavy atom. The molecule has 2 aliphatic carbocycles. The lowest BCUT2D eigenvalue weighted by Crippen LogP contribution is -2.05. The zero-order valence-corrected chi connectivity index (χ0v) is 30.2. The first kappa shape index (κ1) is 32.9. The van der Waals surface area contributed by atoms with E-state index in [1.54, 1.807) is 0 Å². The highest BCUT2D eigenvalue weighted by atomic mass is 15.1. The van der Waals surface area contributed by atoms with Gasteiger partial charge in [-0.2, -0.15) is 0 Å². The van der Waals surface area contributed by atoms with Crippen LogP contribution in [-0.4, -0.2) is 28.7 Å². The number of allylic oxidation sites excluding steroid dienone is 7. The van der Waals surface area contributed by atoms with Crippen LogP contribution in [0.1, 0.15) is 42.5 Å². The summed E-state index contributed by atoms with van der Waals surface area (Å²) in [5, 5.41) is 0. The Balaban J connectivity index is 1.38. The molecule has 260 valence electrons. The molecule has 0 spiro atoms. The maximum Gasteiger partial charge on any atom is 0.145 e. The number of rotatable bonds is 8. The lowest BCUT2D eigenvalue weighted by Gasteiger charge is -2.17. The molecule has 0 atom stereocenters. The summed E-state index contributed by atoms with van der Waals surface area (Å²) in [4.78, 5) is 16.0. The summed E-state index contributed by atoms with van der Waals surface area (Å²) >= 11 is 0. The summed E-state index contributed by atoms with van der Waals surface area (Å²) in [6.07, 6.45) is 19.8. The zero-order chi connectivity index (χ0) is 36.4. The summed E-state index contributed by atoms with van der Waals surface area (Å²) in [7, 11) is 0. The van der Waals surface area contributed by atoms with Gasteiger partial charge in [0.1, 0.15) is 17.5 Å². The molecule has 4 aromatic carbocycles. The quantitative estimate of drug-likeness (QED) is 0.117. The van der Waals surface area contributed by atoms with E-state index in [-0.39, 0.29) is 0 Å². The molecule has 3 aromatic heterocycles. The second-order valence-electron chi connectivity index (χ2n) is 13.3. The van der Waals surface area contributed by atoms with Crippen molar-refractivity contribution in [2.75, 3.05) is 0 Å². The van der Waals surface area contributed by atoms with E-state index in [9.17, 15) is 0 Å². The first-order chi connectivity index (χ1) is 26.7. The third kappa shape index (κ3) is 5.86. The van der Waals surface area contributed by atoms with E-state index in [0.29, 0.717) is 12.8 Å². The van der Waals surface area contributed by atoms with Gasteiger partial charge in [0.2, 0.25) is 0 Å². The summed E-state index contributed by atoms with van der Waals surface area (Å²) in [6, 6.07) is 36.0. The number of para-hydroxylation sites is 4. The lowest BCUT2D eigenvalue weighted by molar-refractivity contribution is 0.878. The molecule has 0 fully saturated rings. The highest BCUT2D eigenvalue weighted by molar-refractivity contribution is 5.89. The first-order valence-electron chi connectivity index (χ1n) is 18.4. The van der Waals surface area contributed by atoms with E-state index in [1.807, 2.05) is 37.3 Å². The highest BCUT2D eigenvalue weighted by Gasteiger charge is 2.25. The smallest absolute Gasteiger partial charge is 0.145 e. The van der Waals surface area contributed by atoms with Gasteiger partial charge in [0.15, 0.2) is 0 Å². The molecule has 0 saturated heterocycles. The Morgan fingerprint density at radius 3 is 1.98 bits per heavy atom. The molecule has 3 heterocycles. The monoisotopic (exact) mass is 698 g/mol. The van der Waals surface area contributed by atoms with Crippen LogP contribution in [0.3, 0.4) is 0 Å². The van der Waals surface area contributed by atoms with Gasteiger partial charge in [0.25, 0.3) is 0 Å². The molecule has 9 rings (SSSR count). The minimum absolute atomic E-state index is 0.597. The number of hydrogen-bond acceptors (Lipinski definition) is 3. The third-order valence-electron chi connectivity index (χ3n) is 9.93. The third-order valence-corrected chi connectivity index (χ3v) is 9.93. The summed E-state index contributed by atoms with van der Waals surface area (Å²) in [5.41, 5.74) is 12.0. The van der Waals surface area contributed by atoms with E-state index < -0.39 is 0 Å². The maximum absolute atomic E-state index is 5.38. The van der Waals surface area contributed by atoms with Crippen molar-refractivity contribution in [2.45, 2.75) is 32.6 Å². The average molecular weight is 699 g/mol. The second-order valence-corrected chi connectivity index (χ2v) is 13.3. The molecule has 0 saturated carbocycles. The van der Waals surface area contributed by atoms with Gasteiger partial charge in [-0.1, -0.05) is 91.3 Å². The van der Waals surface area contributed by atoms with Gasteiger partial charge in [-0.3, -0.25) is 13.7 Å². The van der Waals surface area contributed by atoms with Crippen molar-refractivity contribution in [2.24, 2.45) is 0 Å². The molecule has 0 N–H and O–H groups in total. The van der Waals surface area contributed by atoms with Crippen molar-refractivity contribution in [3.05, 3.63) is 169 Å². The normalized spacial score (nSPS) is 14.3. The Kier molecular flexibility index (Phi) is 8.66. The van der Waals surface area contributed by atoms with E-state index in [2.05, 4.69) is 153 Å². The van der Waals surface area contributed by atoms with Crippen LogP contribution in [0.5, 0.6) is 0 Å². The standard InChI is InChI=1S/C48H38N6/c1-3-5-20-37(4-2)52-43-29-18-16-26-41(43)49-46(52)34-31-35(47-50-40-25-14-6-7-15-28-44(40)53(47)38-21-10-8-11-22-38)33-36(32-34)48-51-42-27-17-19-30-45(42)54(48)39-23-12-9-13-24-39/h3-5,8-14,16-18,20-27,29,31-33H,2,6,19,28,30H2,1H3/b5-3-,25-14-,37-20+. The van der Waals surface area contributed by atoms with Gasteiger partial charge in [-0.05, 0) is 98.7 Å². The topological polar surface area (TPSA) is 53.5 Å². The van der Waals surface area contributed by atoms with Gasteiger partial charge in [-0.25, -0.2) is 15.0 Å². The molecule has 0 bridgehead atoms. The van der Waals surface area contributed by atoms with Crippen molar-refractivity contribution < 1.29 is 0 Å². The number of benzene rings is 4. The molecule has 2 aliphatic rings. The predicted molar refractivity (Wildman–Crippen MR) is 222 cm³/mol. The van der Waals surface area contributed by atoms with E-state index in [4.69, 9.17) is 15.0 Å². The summed E-state index contributed by atoms with van der Waals surface area (Å²) < 4.78 is 6.79. The highest BCUT2D eigenvalue weighted by Crippen LogP contribution is 2.39. The van der Waals surface area contributed by atoms with Crippen molar-refractivity contribution in [3.63, 3.8) is 0 Å². The number of nitrogens with zero attached hydrogens (tertiary/aromatic N) is 6. The van der Waals surface area contributed by atoms with E-state index in [0.717, 1.165) is 92.2 Å². The Bertz CT molecular complexity index is 2740. The summed E-state index contributed by atoms with van der Waals surface area (Å²) in [5.74, 6) is 9.19. The van der Waals surface area contributed by atoms with Crippen molar-refractivity contribution in [3.8, 4) is 57.4 Å². The van der Waals surface area contributed by atoms with Crippen LogP contribution in [0.4, 0.5) is 0 Å². The number of hydrogen-bond donors (Lipinski definition) is 0. The minimum atomic E-state index is 0.597. The van der Waals surface area contributed by atoms with Crippen LogP contribution in [0.25, 0.3) is 74.4 Å². The van der Waals surface area contributed by atoms with E-state index >= 15 is 0 Å². The van der Waals surface area contributed by atoms with Crippen molar-refractivity contribution in [1.82, 2.24) is 28.7 Å². The van der Waals surface area contributed by atoms with Crippen LogP contribution < -0.4 is 0 Å². The van der Waals surface area contributed by atoms with Crippen LogP contribution >= 0.6 is 0 Å². The van der Waals surface area contributed by atoms with Gasteiger partial charge in [0.05, 0.1) is 40.2 Å². The van der Waals surface area contributed by atoms with Crippen LogP contribution in [0, 0.1) is 11.8 Å². The predicted octanol–water partition coefficient (Wildman–Crippen LogP) is 10.9. The van der Waals surface area contributed by atoms with Crippen molar-refractivity contribution in [1.29, 1.82) is 0 Å². The Morgan fingerprint density at radius 2 is 1.30 bits per heavy atom. The Labute approximate surface area is 315 Å². The molecule has 6 nitrogen and oxygen atoms in total. The first-order valence-corrected chi connectivity index (χ1v) is 18.4. The molecule has 0 aliphatic heterocycles. The fraction of sp³-hybridized carbons (Fsp3) is 0.104. The summed E-state index contributed by atoms with van der Waals surface area (Å²) in [6.45, 7) is 6.24. The fourth-order valence-corrected chi connectivity index (χ4v) is 7.50. The van der Waals surface area contributed by atoms with Crippen LogP contribution in [0.2, 0.25) is 0 Å². The number of fused-ring (bicyclic) bond motifs is 3. The molecule has 0 amide bonds. The molecule has 54 heavy (non-hydrogen) atoms. The fourth-order valence-electron chi connectivity index (χ4n) is 7.50. The zero-order valence-electron chi connectivity index (χ0n) is 30.2. The molecular weight excluding hydrogens is 661 g/mol. The minimum Gasteiger partial charge on any atom is -0.296 e. The van der Waals surface area contributed by atoms with Gasteiger partial charge >= 0.3 is 0 Å². The Hall–Kier alpha value is -6.97. The van der Waals surface area contributed by atoms with Crippen LogP contribution in [-0.2, 0) is 12.8 Å². The second kappa shape index (κ2) is 14.2. The number of imidazole rings is 3.